The number of nitrogens with zero attached hydrogens (tertiary/aromatic N) is 4. The highest BCUT2D eigenvalue weighted by molar-refractivity contribution is 6.15. The highest BCUT2D eigenvalue weighted by Gasteiger charge is 2.20. The summed E-state index contributed by atoms with van der Waals surface area (Å²) in [5.41, 5.74) is 18.8. The molecule has 0 aliphatic heterocycles. The first-order chi connectivity index (χ1) is 34.7. The van der Waals surface area contributed by atoms with Crippen molar-refractivity contribution >= 4 is 87.2 Å². The third-order valence-corrected chi connectivity index (χ3v) is 14.8. The largest absolute Gasteiger partial charge is 0.309 e. The third kappa shape index (κ3) is 5.71. The molecule has 0 N–H and O–H groups in total. The Labute approximate surface area is 403 Å². The molecule has 0 atom stereocenters. The molecule has 0 bridgehead atoms. The Hall–Kier alpha value is -9.38. The highest BCUT2D eigenvalue weighted by Crippen LogP contribution is 2.41. The summed E-state index contributed by atoms with van der Waals surface area (Å²) in [4.78, 5) is 0. The van der Waals surface area contributed by atoms with Crippen LogP contribution >= 0.6 is 0 Å². The van der Waals surface area contributed by atoms with E-state index in [1.165, 1.54) is 98.4 Å². The Bertz CT molecular complexity index is 4160. The average molecular weight is 891 g/mol. The minimum atomic E-state index is 1.11. The molecule has 4 nitrogen and oxygen atoms in total. The van der Waals surface area contributed by atoms with Gasteiger partial charge in [-0.3, -0.25) is 0 Å². The number of hydrogen-bond acceptors (Lipinski definition) is 0. The maximum absolute atomic E-state index is 2.46. The van der Waals surface area contributed by atoms with E-state index in [1.54, 1.807) is 0 Å². The van der Waals surface area contributed by atoms with Gasteiger partial charge in [-0.05, 0) is 119 Å². The van der Waals surface area contributed by atoms with Gasteiger partial charge in [0.1, 0.15) is 0 Å². The predicted molar refractivity (Wildman–Crippen MR) is 295 cm³/mol. The topological polar surface area (TPSA) is 19.7 Å². The fraction of sp³-hybridized carbons (Fsp3) is 0. The van der Waals surface area contributed by atoms with Crippen molar-refractivity contribution in [3.63, 3.8) is 0 Å². The van der Waals surface area contributed by atoms with Gasteiger partial charge in [-0.25, -0.2) is 0 Å². The second kappa shape index (κ2) is 15.1. The Morgan fingerprint density at radius 1 is 0.157 bits per heavy atom. The second-order valence-electron chi connectivity index (χ2n) is 18.5. The second-order valence-corrected chi connectivity index (χ2v) is 18.5. The first-order valence-electron chi connectivity index (χ1n) is 24.1. The molecule has 15 rings (SSSR count). The Balaban J connectivity index is 0.947. The number of benzene rings is 11. The molecule has 4 heteroatoms. The van der Waals surface area contributed by atoms with Gasteiger partial charge in [0.05, 0.1) is 44.1 Å². The summed E-state index contributed by atoms with van der Waals surface area (Å²) in [6, 6.07) is 93.6. The molecular formula is C66H42N4. The molecule has 0 aliphatic rings. The van der Waals surface area contributed by atoms with Gasteiger partial charge in [-0.2, -0.15) is 0 Å². The van der Waals surface area contributed by atoms with Crippen molar-refractivity contribution in [2.24, 2.45) is 0 Å². The van der Waals surface area contributed by atoms with Crippen LogP contribution in [-0.2, 0) is 0 Å². The fourth-order valence-corrected chi connectivity index (χ4v) is 11.6. The van der Waals surface area contributed by atoms with E-state index in [1.807, 2.05) is 0 Å². The van der Waals surface area contributed by atoms with Gasteiger partial charge in [-0.1, -0.05) is 158 Å². The summed E-state index contributed by atoms with van der Waals surface area (Å²) in [6.45, 7) is 0. The first-order valence-corrected chi connectivity index (χ1v) is 24.1. The van der Waals surface area contributed by atoms with Gasteiger partial charge < -0.3 is 18.3 Å². The molecule has 11 aromatic carbocycles. The first kappa shape index (κ1) is 38.7. The molecule has 4 heterocycles. The molecule has 15 aromatic rings. The number of para-hydroxylation sites is 4. The van der Waals surface area contributed by atoms with E-state index in [2.05, 4.69) is 273 Å². The van der Waals surface area contributed by atoms with E-state index >= 15 is 0 Å². The molecule has 0 saturated carbocycles. The predicted octanol–water partition coefficient (Wildman–Crippen LogP) is 17.4. The highest BCUT2D eigenvalue weighted by atomic mass is 15.0. The van der Waals surface area contributed by atoms with Crippen molar-refractivity contribution in [3.8, 4) is 45.0 Å². The van der Waals surface area contributed by atoms with Crippen molar-refractivity contribution in [1.29, 1.82) is 0 Å². The molecule has 0 saturated heterocycles. The van der Waals surface area contributed by atoms with Crippen molar-refractivity contribution in [1.82, 2.24) is 18.3 Å². The fourth-order valence-electron chi connectivity index (χ4n) is 11.6. The van der Waals surface area contributed by atoms with E-state index in [-0.39, 0.29) is 0 Å². The van der Waals surface area contributed by atoms with Gasteiger partial charge in [0.25, 0.3) is 0 Å². The van der Waals surface area contributed by atoms with Crippen molar-refractivity contribution in [2.45, 2.75) is 0 Å². The van der Waals surface area contributed by atoms with E-state index in [4.69, 9.17) is 0 Å². The zero-order valence-corrected chi connectivity index (χ0v) is 38.0. The number of hydrogen-bond donors (Lipinski definition) is 0. The summed E-state index contributed by atoms with van der Waals surface area (Å²) < 4.78 is 9.76. The van der Waals surface area contributed by atoms with Crippen LogP contribution in [-0.4, -0.2) is 18.3 Å². The van der Waals surface area contributed by atoms with Gasteiger partial charge in [0.2, 0.25) is 0 Å². The van der Waals surface area contributed by atoms with Crippen molar-refractivity contribution < 1.29 is 0 Å². The summed E-state index contributed by atoms with van der Waals surface area (Å²) in [6.07, 6.45) is 0. The van der Waals surface area contributed by atoms with E-state index in [0.717, 1.165) is 33.8 Å². The monoisotopic (exact) mass is 890 g/mol. The summed E-state index contributed by atoms with van der Waals surface area (Å²) in [5.74, 6) is 0. The Morgan fingerprint density at radius 2 is 0.443 bits per heavy atom. The number of aromatic nitrogens is 4. The molecule has 70 heavy (non-hydrogen) atoms. The summed E-state index contributed by atoms with van der Waals surface area (Å²) >= 11 is 0. The quantitative estimate of drug-likeness (QED) is 0.158. The lowest BCUT2D eigenvalue weighted by molar-refractivity contribution is 1.13. The standard InChI is InChI=1S/C66H42N4/c1-3-15-43(16-4-1)45-27-37-63-57(39-45)55-35-33-49(69-59-23-11-7-19-51(59)52-20-8-12-24-60(52)69)41-65(55)67(63)47-29-31-48(32-30-47)68-64-38-28-46(44-17-5-2-6-18-44)40-58(64)56-36-34-50(42-66(56)68)70-61-25-13-9-21-53(61)54-22-10-14-26-62(54)70/h1-42H. The van der Waals surface area contributed by atoms with Crippen LogP contribution in [0.2, 0.25) is 0 Å². The minimum absolute atomic E-state index is 1.11. The van der Waals surface area contributed by atoms with E-state index < -0.39 is 0 Å². The van der Waals surface area contributed by atoms with Crippen molar-refractivity contribution in [2.75, 3.05) is 0 Å². The minimum Gasteiger partial charge on any atom is -0.309 e. The lowest BCUT2D eigenvalue weighted by Gasteiger charge is -2.14. The molecule has 4 aromatic heterocycles. The maximum atomic E-state index is 2.46. The summed E-state index contributed by atoms with van der Waals surface area (Å²) in [7, 11) is 0. The van der Waals surface area contributed by atoms with Gasteiger partial charge in [0, 0.05) is 65.8 Å². The van der Waals surface area contributed by atoms with Crippen LogP contribution < -0.4 is 0 Å². The normalized spacial score (nSPS) is 12.0. The summed E-state index contributed by atoms with van der Waals surface area (Å²) in [5, 5.41) is 9.91. The van der Waals surface area contributed by atoms with Crippen LogP contribution in [0.3, 0.4) is 0 Å². The molecule has 0 amide bonds. The molecule has 0 spiro atoms. The number of fused-ring (bicyclic) bond motifs is 12. The SMILES string of the molecule is c1ccc(-c2ccc3c(c2)c2ccc(-n4c5ccccc5c5ccccc54)cc2n3-c2ccc(-n3c4ccc(-c5ccccc5)cc4c4ccc(-n5c6ccccc6c6ccccc65)cc43)cc2)cc1. The molecule has 0 unspecified atom stereocenters. The third-order valence-electron chi connectivity index (χ3n) is 14.8. The molecule has 0 fully saturated rings. The molecule has 0 aliphatic carbocycles. The van der Waals surface area contributed by atoms with E-state index in [0.29, 0.717) is 0 Å². The Kier molecular flexibility index (Phi) is 8.33. The van der Waals surface area contributed by atoms with Crippen LogP contribution in [0.1, 0.15) is 0 Å². The van der Waals surface area contributed by atoms with Gasteiger partial charge >= 0.3 is 0 Å². The zero-order chi connectivity index (χ0) is 45.9. The average Bonchev–Trinajstić information content (AvgIpc) is 4.15. The lowest BCUT2D eigenvalue weighted by Crippen LogP contribution is -1.99. The van der Waals surface area contributed by atoms with Crippen LogP contribution in [0.15, 0.2) is 255 Å². The van der Waals surface area contributed by atoms with Crippen LogP contribution in [0.4, 0.5) is 0 Å². The molecule has 326 valence electrons. The van der Waals surface area contributed by atoms with Gasteiger partial charge in [0.15, 0.2) is 0 Å². The number of rotatable bonds is 6. The molecule has 0 radical (unpaired) electrons. The zero-order valence-electron chi connectivity index (χ0n) is 38.0. The lowest BCUT2D eigenvalue weighted by atomic mass is 10.0. The molecular weight excluding hydrogens is 849 g/mol. The van der Waals surface area contributed by atoms with Crippen LogP contribution in [0.5, 0.6) is 0 Å². The van der Waals surface area contributed by atoms with Gasteiger partial charge in [-0.15, -0.1) is 0 Å². The van der Waals surface area contributed by atoms with Crippen LogP contribution in [0, 0.1) is 0 Å². The maximum Gasteiger partial charge on any atom is 0.0561 e. The van der Waals surface area contributed by atoms with E-state index in [9.17, 15) is 0 Å². The Morgan fingerprint density at radius 3 is 0.814 bits per heavy atom. The van der Waals surface area contributed by atoms with Crippen LogP contribution in [0.25, 0.3) is 132 Å². The van der Waals surface area contributed by atoms with Crippen molar-refractivity contribution in [3.05, 3.63) is 255 Å². The smallest absolute Gasteiger partial charge is 0.0561 e.